The topological polar surface area (TPSA) is 40.8 Å². The van der Waals surface area contributed by atoms with Crippen molar-refractivity contribution >= 4 is 22.1 Å². The number of aliphatic hydroxyl groups is 1. The molecule has 5 heteroatoms. The van der Waals surface area contributed by atoms with Gasteiger partial charge in [-0.25, -0.2) is 4.98 Å². The Labute approximate surface area is 111 Å². The number of fused-ring (bicyclic) bond motifs is 1. The lowest BCUT2D eigenvalue weighted by Gasteiger charge is -2.23. The molecule has 1 fully saturated rings. The van der Waals surface area contributed by atoms with Gasteiger partial charge in [-0.15, -0.1) is 11.3 Å². The van der Waals surface area contributed by atoms with Crippen molar-refractivity contribution in [2.75, 3.05) is 11.4 Å². The van der Waals surface area contributed by atoms with E-state index in [1.807, 2.05) is 16.0 Å². The number of aromatic nitrogens is 2. The Morgan fingerprint density at radius 1 is 1.56 bits per heavy atom. The maximum absolute atomic E-state index is 9.62. The van der Waals surface area contributed by atoms with E-state index in [0.29, 0.717) is 6.04 Å². The molecule has 0 atom stereocenters. The highest BCUT2D eigenvalue weighted by molar-refractivity contribution is 7.15. The van der Waals surface area contributed by atoms with E-state index in [1.54, 1.807) is 11.3 Å². The Morgan fingerprint density at radius 3 is 3.06 bits per heavy atom. The first-order valence-electron chi connectivity index (χ1n) is 6.67. The average molecular weight is 265 g/mol. The van der Waals surface area contributed by atoms with Crippen LogP contribution in [0, 0.1) is 0 Å². The van der Waals surface area contributed by atoms with Gasteiger partial charge in [0.15, 0.2) is 10.8 Å². The van der Waals surface area contributed by atoms with E-state index in [9.17, 15) is 5.11 Å². The molecule has 2 heterocycles. The number of anilines is 1. The van der Waals surface area contributed by atoms with Gasteiger partial charge in [0.25, 0.3) is 0 Å². The lowest BCUT2D eigenvalue weighted by Crippen LogP contribution is -2.28. The number of hydrogen-bond donors (Lipinski definition) is 1. The van der Waals surface area contributed by atoms with Crippen LogP contribution in [0.3, 0.4) is 0 Å². The van der Waals surface area contributed by atoms with E-state index >= 15 is 0 Å². The SMILES string of the molecule is CCCCN(c1nc2sccn2c1CO)C1CC1. The summed E-state index contributed by atoms with van der Waals surface area (Å²) in [6, 6.07) is 0.645. The summed E-state index contributed by atoms with van der Waals surface area (Å²) in [5.74, 6) is 1.00. The number of thiazole rings is 1. The van der Waals surface area contributed by atoms with Crippen LogP contribution in [0.5, 0.6) is 0 Å². The smallest absolute Gasteiger partial charge is 0.195 e. The molecule has 0 unspecified atom stereocenters. The van der Waals surface area contributed by atoms with Gasteiger partial charge in [-0.3, -0.25) is 4.40 Å². The average Bonchev–Trinajstić information content (AvgIpc) is 3.00. The summed E-state index contributed by atoms with van der Waals surface area (Å²) in [6.45, 7) is 3.32. The molecule has 1 aliphatic rings. The molecule has 1 aliphatic carbocycles. The van der Waals surface area contributed by atoms with Crippen molar-refractivity contribution in [2.24, 2.45) is 0 Å². The highest BCUT2D eigenvalue weighted by atomic mass is 32.1. The highest BCUT2D eigenvalue weighted by Crippen LogP contribution is 2.34. The van der Waals surface area contributed by atoms with Crippen molar-refractivity contribution in [3.8, 4) is 0 Å². The Hall–Kier alpha value is -1.07. The second-order valence-electron chi connectivity index (χ2n) is 4.87. The van der Waals surface area contributed by atoms with E-state index in [-0.39, 0.29) is 6.61 Å². The summed E-state index contributed by atoms with van der Waals surface area (Å²) in [5, 5.41) is 11.6. The van der Waals surface area contributed by atoms with Gasteiger partial charge in [0.1, 0.15) is 0 Å². The molecule has 0 spiro atoms. The number of unbranched alkanes of at least 4 members (excludes halogenated alkanes) is 1. The largest absolute Gasteiger partial charge is 0.390 e. The summed E-state index contributed by atoms with van der Waals surface area (Å²) in [5.41, 5.74) is 0.939. The minimum atomic E-state index is 0.0581. The van der Waals surface area contributed by atoms with Crippen molar-refractivity contribution in [2.45, 2.75) is 45.3 Å². The van der Waals surface area contributed by atoms with Crippen LogP contribution in [0.2, 0.25) is 0 Å². The molecular weight excluding hydrogens is 246 g/mol. The van der Waals surface area contributed by atoms with Gasteiger partial charge in [-0.1, -0.05) is 13.3 Å². The number of imidazole rings is 1. The molecular formula is C13H19N3OS. The molecule has 4 nitrogen and oxygen atoms in total. The fourth-order valence-corrected chi connectivity index (χ4v) is 3.10. The van der Waals surface area contributed by atoms with Crippen LogP contribution in [-0.4, -0.2) is 27.1 Å². The monoisotopic (exact) mass is 265 g/mol. The maximum Gasteiger partial charge on any atom is 0.195 e. The van der Waals surface area contributed by atoms with Crippen LogP contribution >= 0.6 is 11.3 Å². The third-order valence-corrected chi connectivity index (χ3v) is 4.26. The van der Waals surface area contributed by atoms with Gasteiger partial charge in [0, 0.05) is 24.2 Å². The fraction of sp³-hybridized carbons (Fsp3) is 0.615. The third kappa shape index (κ3) is 2.01. The molecule has 1 N–H and O–H groups in total. The van der Waals surface area contributed by atoms with E-state index < -0.39 is 0 Å². The molecule has 0 amide bonds. The zero-order valence-corrected chi connectivity index (χ0v) is 11.5. The van der Waals surface area contributed by atoms with Crippen molar-refractivity contribution in [1.82, 2.24) is 9.38 Å². The Morgan fingerprint density at radius 2 is 2.39 bits per heavy atom. The van der Waals surface area contributed by atoms with E-state index in [0.717, 1.165) is 23.0 Å². The van der Waals surface area contributed by atoms with Crippen molar-refractivity contribution in [3.63, 3.8) is 0 Å². The first-order chi connectivity index (χ1) is 8.85. The van der Waals surface area contributed by atoms with Gasteiger partial charge in [0.05, 0.1) is 12.3 Å². The lowest BCUT2D eigenvalue weighted by molar-refractivity contribution is 0.276. The van der Waals surface area contributed by atoms with E-state index in [1.165, 1.54) is 25.7 Å². The van der Waals surface area contributed by atoms with E-state index in [2.05, 4.69) is 11.8 Å². The first-order valence-corrected chi connectivity index (χ1v) is 7.55. The third-order valence-electron chi connectivity index (χ3n) is 3.50. The predicted octanol–water partition coefficient (Wildman–Crippen LogP) is 2.66. The van der Waals surface area contributed by atoms with Crippen LogP contribution in [-0.2, 0) is 6.61 Å². The zero-order valence-electron chi connectivity index (χ0n) is 10.7. The molecule has 2 aromatic heterocycles. The molecule has 18 heavy (non-hydrogen) atoms. The van der Waals surface area contributed by atoms with Crippen LogP contribution in [0.1, 0.15) is 38.3 Å². The van der Waals surface area contributed by atoms with Crippen LogP contribution in [0.15, 0.2) is 11.6 Å². The lowest BCUT2D eigenvalue weighted by atomic mass is 10.3. The van der Waals surface area contributed by atoms with Gasteiger partial charge in [-0.2, -0.15) is 0 Å². The van der Waals surface area contributed by atoms with E-state index in [4.69, 9.17) is 4.98 Å². The van der Waals surface area contributed by atoms with Crippen molar-refractivity contribution in [3.05, 3.63) is 17.3 Å². The zero-order chi connectivity index (χ0) is 12.5. The maximum atomic E-state index is 9.62. The molecule has 3 rings (SSSR count). The van der Waals surface area contributed by atoms with Crippen LogP contribution < -0.4 is 4.90 Å². The second kappa shape index (κ2) is 4.90. The molecule has 98 valence electrons. The normalized spacial score (nSPS) is 15.4. The molecule has 0 bridgehead atoms. The number of aliphatic hydroxyl groups excluding tert-OH is 1. The molecule has 1 saturated carbocycles. The van der Waals surface area contributed by atoms with Crippen molar-refractivity contribution in [1.29, 1.82) is 0 Å². The molecule has 0 radical (unpaired) electrons. The Balaban J connectivity index is 1.96. The first kappa shape index (κ1) is 12.0. The van der Waals surface area contributed by atoms with Crippen molar-refractivity contribution < 1.29 is 5.11 Å². The number of hydrogen-bond acceptors (Lipinski definition) is 4. The molecule has 0 aromatic carbocycles. The second-order valence-corrected chi connectivity index (χ2v) is 5.75. The summed E-state index contributed by atoms with van der Waals surface area (Å²) in [7, 11) is 0. The van der Waals surface area contributed by atoms with Crippen LogP contribution in [0.4, 0.5) is 5.82 Å². The fourth-order valence-electron chi connectivity index (χ4n) is 2.37. The van der Waals surface area contributed by atoms with Gasteiger partial charge in [-0.05, 0) is 19.3 Å². The highest BCUT2D eigenvalue weighted by Gasteiger charge is 2.32. The van der Waals surface area contributed by atoms with Gasteiger partial charge < -0.3 is 10.0 Å². The summed E-state index contributed by atoms with van der Waals surface area (Å²) in [4.78, 5) is 8.09. The van der Waals surface area contributed by atoms with Crippen LogP contribution in [0.25, 0.3) is 4.96 Å². The Bertz CT molecular complexity index is 529. The summed E-state index contributed by atoms with van der Waals surface area (Å²) in [6.07, 6.45) is 6.90. The summed E-state index contributed by atoms with van der Waals surface area (Å²) >= 11 is 1.63. The number of nitrogens with zero attached hydrogens (tertiary/aromatic N) is 3. The Kier molecular flexibility index (Phi) is 3.26. The quantitative estimate of drug-likeness (QED) is 0.873. The molecule has 0 aliphatic heterocycles. The minimum absolute atomic E-state index is 0.0581. The summed E-state index contributed by atoms with van der Waals surface area (Å²) < 4.78 is 2.02. The predicted molar refractivity (Wildman–Crippen MR) is 74.3 cm³/mol. The standard InChI is InChI=1S/C13H19N3OS/c1-2-3-6-15(10-4-5-10)12-11(9-17)16-7-8-18-13(16)14-12/h7-8,10,17H,2-6,9H2,1H3. The molecule has 0 saturated heterocycles. The minimum Gasteiger partial charge on any atom is -0.390 e. The van der Waals surface area contributed by atoms with Gasteiger partial charge in [0.2, 0.25) is 0 Å². The molecule has 2 aromatic rings. The van der Waals surface area contributed by atoms with Gasteiger partial charge >= 0.3 is 0 Å². The number of rotatable bonds is 6.